The lowest BCUT2D eigenvalue weighted by atomic mass is 9.67. The molecule has 5 aliphatic rings. The van der Waals surface area contributed by atoms with Crippen molar-refractivity contribution < 1.29 is 4.74 Å². The van der Waals surface area contributed by atoms with Crippen molar-refractivity contribution in [1.29, 1.82) is 0 Å². The molecule has 0 radical (unpaired) electrons. The molecule has 4 bridgehead atoms. The molecule has 1 nitrogen and oxygen atoms in total. The third kappa shape index (κ3) is 3.62. The molecule has 1 fully saturated rings. The van der Waals surface area contributed by atoms with Gasteiger partial charge in [0, 0.05) is 21.3 Å². The Balaban J connectivity index is 1.59. The van der Waals surface area contributed by atoms with Gasteiger partial charge in [-0.25, -0.2) is 0 Å². The molecule has 0 unspecified atom stereocenters. The number of hydrogen-bond acceptors (Lipinski definition) is 3. The van der Waals surface area contributed by atoms with Gasteiger partial charge in [-0.2, -0.15) is 0 Å². The minimum Gasteiger partial charge on any atom is -0.380 e. The normalized spacial score (nSPS) is 24.7. The van der Waals surface area contributed by atoms with E-state index >= 15 is 0 Å². The Bertz CT molecular complexity index is 578. The second-order valence-corrected chi connectivity index (χ2v) is 8.57. The molecule has 23 heavy (non-hydrogen) atoms. The van der Waals surface area contributed by atoms with Crippen LogP contribution in [0.5, 0.6) is 0 Å². The van der Waals surface area contributed by atoms with E-state index in [4.69, 9.17) is 4.74 Å². The average molecular weight is 343 g/mol. The van der Waals surface area contributed by atoms with Crippen LogP contribution in [0.2, 0.25) is 0 Å². The molecule has 0 saturated heterocycles. The summed E-state index contributed by atoms with van der Waals surface area (Å²) in [5.74, 6) is 3.47. The Morgan fingerprint density at radius 1 is 0.652 bits per heavy atom. The number of thioether (sulfide) groups is 2. The fourth-order valence-corrected chi connectivity index (χ4v) is 4.99. The van der Waals surface area contributed by atoms with Crippen LogP contribution in [0.15, 0.2) is 58.3 Å². The first-order valence-electron chi connectivity index (χ1n) is 8.43. The van der Waals surface area contributed by atoms with Crippen molar-refractivity contribution in [3.63, 3.8) is 0 Å². The minimum atomic E-state index is 0.701. The highest BCUT2D eigenvalue weighted by molar-refractivity contribution is 7.99. The van der Waals surface area contributed by atoms with Crippen molar-refractivity contribution >= 4 is 23.5 Å². The summed E-state index contributed by atoms with van der Waals surface area (Å²) in [6.07, 6.45) is 2.64. The predicted molar refractivity (Wildman–Crippen MR) is 99.9 cm³/mol. The van der Waals surface area contributed by atoms with Gasteiger partial charge in [-0.15, -0.1) is 23.5 Å². The van der Waals surface area contributed by atoms with E-state index in [1.165, 1.54) is 33.8 Å². The van der Waals surface area contributed by atoms with Crippen LogP contribution in [0.4, 0.5) is 0 Å². The second kappa shape index (κ2) is 7.33. The molecule has 2 atom stereocenters. The quantitative estimate of drug-likeness (QED) is 0.620. The summed E-state index contributed by atoms with van der Waals surface area (Å²) in [6.45, 7) is 1.66. The van der Waals surface area contributed by atoms with Crippen LogP contribution in [0.1, 0.15) is 35.8 Å². The summed E-state index contributed by atoms with van der Waals surface area (Å²) < 4.78 is 5.74. The van der Waals surface area contributed by atoms with Crippen molar-refractivity contribution in [2.24, 2.45) is 0 Å². The van der Waals surface area contributed by atoms with Crippen LogP contribution in [-0.2, 0) is 4.74 Å². The summed E-state index contributed by atoms with van der Waals surface area (Å²) >= 11 is 3.79. The first kappa shape index (κ1) is 15.6. The van der Waals surface area contributed by atoms with Crippen LogP contribution in [0.3, 0.4) is 0 Å². The third-order valence-electron chi connectivity index (χ3n) is 4.88. The van der Waals surface area contributed by atoms with E-state index in [0.29, 0.717) is 11.8 Å². The SMILES string of the molecule is c1cc2ccc1SCCOCCSc1ccc(cc1)[C@@H]1CC[C@H]21. The number of ether oxygens (including phenoxy) is 1. The minimum absolute atomic E-state index is 0.701. The highest BCUT2D eigenvalue weighted by Crippen LogP contribution is 2.49. The zero-order valence-electron chi connectivity index (χ0n) is 13.2. The van der Waals surface area contributed by atoms with Crippen LogP contribution < -0.4 is 0 Å². The van der Waals surface area contributed by atoms with E-state index in [-0.39, 0.29) is 0 Å². The molecule has 120 valence electrons. The average Bonchev–Trinajstić information content (AvgIpc) is 2.55. The van der Waals surface area contributed by atoms with Gasteiger partial charge in [-0.1, -0.05) is 24.3 Å². The third-order valence-corrected chi connectivity index (χ3v) is 6.84. The van der Waals surface area contributed by atoms with Crippen LogP contribution >= 0.6 is 23.5 Å². The fraction of sp³-hybridized carbons (Fsp3) is 0.400. The van der Waals surface area contributed by atoms with Crippen molar-refractivity contribution in [2.45, 2.75) is 34.5 Å². The highest BCUT2D eigenvalue weighted by Gasteiger charge is 2.33. The van der Waals surface area contributed by atoms with E-state index < -0.39 is 0 Å². The van der Waals surface area contributed by atoms with Gasteiger partial charge < -0.3 is 4.74 Å². The van der Waals surface area contributed by atoms with Gasteiger partial charge in [-0.05, 0) is 60.1 Å². The van der Waals surface area contributed by atoms with Crippen molar-refractivity contribution in [2.75, 3.05) is 24.7 Å². The Kier molecular flexibility index (Phi) is 4.98. The molecule has 0 aromatic heterocycles. The topological polar surface area (TPSA) is 9.23 Å². The molecule has 1 aliphatic carbocycles. The van der Waals surface area contributed by atoms with E-state index in [1.807, 2.05) is 23.5 Å². The fourth-order valence-electron chi connectivity index (χ4n) is 3.46. The standard InChI is InChI=1S/C20H22OS2/c1-5-17-6-2-15(1)19-9-10-20(19)16-3-7-18(8-4-16)23-14-12-21-11-13-22-17/h1-8,19-20H,9-14H2/t19-,20+. The molecule has 1 saturated carbocycles. The molecule has 4 aliphatic heterocycles. The zero-order valence-corrected chi connectivity index (χ0v) is 14.9. The van der Waals surface area contributed by atoms with Gasteiger partial charge >= 0.3 is 0 Å². The molecule has 3 heteroatoms. The van der Waals surface area contributed by atoms with Crippen LogP contribution in [0.25, 0.3) is 0 Å². The largest absolute Gasteiger partial charge is 0.380 e. The summed E-state index contributed by atoms with van der Waals surface area (Å²) in [4.78, 5) is 2.71. The van der Waals surface area contributed by atoms with Gasteiger partial charge in [0.1, 0.15) is 0 Å². The molecular formula is C20H22OS2. The maximum absolute atomic E-state index is 5.74. The number of rotatable bonds is 0. The van der Waals surface area contributed by atoms with E-state index in [2.05, 4.69) is 48.5 Å². The van der Waals surface area contributed by atoms with Crippen LogP contribution in [0, 0.1) is 0 Å². The lowest BCUT2D eigenvalue weighted by Gasteiger charge is -2.37. The zero-order chi connectivity index (χ0) is 15.5. The van der Waals surface area contributed by atoms with E-state index in [0.717, 1.165) is 24.7 Å². The first-order valence-corrected chi connectivity index (χ1v) is 10.4. The molecule has 7 rings (SSSR count). The van der Waals surface area contributed by atoms with Gasteiger partial charge in [-0.3, -0.25) is 0 Å². The first-order chi connectivity index (χ1) is 11.4. The van der Waals surface area contributed by atoms with E-state index in [9.17, 15) is 0 Å². The van der Waals surface area contributed by atoms with Crippen molar-refractivity contribution in [3.05, 3.63) is 59.7 Å². The molecule has 0 spiro atoms. The summed E-state index contributed by atoms with van der Waals surface area (Å²) in [7, 11) is 0. The van der Waals surface area contributed by atoms with Crippen molar-refractivity contribution in [3.8, 4) is 0 Å². The smallest absolute Gasteiger partial charge is 0.0560 e. The lowest BCUT2D eigenvalue weighted by molar-refractivity contribution is 0.167. The summed E-state index contributed by atoms with van der Waals surface area (Å²) in [5, 5.41) is 0. The Morgan fingerprint density at radius 3 is 1.48 bits per heavy atom. The molecule has 0 N–H and O–H groups in total. The highest BCUT2D eigenvalue weighted by atomic mass is 32.2. The van der Waals surface area contributed by atoms with E-state index in [1.54, 1.807) is 0 Å². The molecule has 0 amide bonds. The molecule has 4 heterocycles. The van der Waals surface area contributed by atoms with Crippen molar-refractivity contribution in [1.82, 2.24) is 0 Å². The maximum Gasteiger partial charge on any atom is 0.0560 e. The summed E-state index contributed by atoms with van der Waals surface area (Å²) in [6, 6.07) is 18.5. The number of benzene rings is 2. The summed E-state index contributed by atoms with van der Waals surface area (Å²) in [5.41, 5.74) is 3.01. The number of hydrogen-bond donors (Lipinski definition) is 0. The Morgan fingerprint density at radius 2 is 1.09 bits per heavy atom. The van der Waals surface area contributed by atoms with Gasteiger partial charge in [0.05, 0.1) is 13.2 Å². The van der Waals surface area contributed by atoms with Gasteiger partial charge in [0.25, 0.3) is 0 Å². The van der Waals surface area contributed by atoms with Gasteiger partial charge in [0.2, 0.25) is 0 Å². The van der Waals surface area contributed by atoms with Crippen LogP contribution in [-0.4, -0.2) is 24.7 Å². The molecular weight excluding hydrogens is 320 g/mol. The predicted octanol–water partition coefficient (Wildman–Crippen LogP) is 5.56. The Labute approximate surface area is 147 Å². The Hall–Kier alpha value is -0.900. The second-order valence-electron chi connectivity index (χ2n) is 6.24. The van der Waals surface area contributed by atoms with Gasteiger partial charge in [0.15, 0.2) is 0 Å². The molecule has 2 aromatic carbocycles. The monoisotopic (exact) mass is 342 g/mol. The molecule has 2 aromatic rings. The lowest BCUT2D eigenvalue weighted by Crippen LogP contribution is -2.21. The maximum atomic E-state index is 5.74.